The minimum absolute atomic E-state index is 0. The number of aliphatic hydroxyl groups is 1. The number of aliphatic hydroxyl groups excluding tert-OH is 1. The fourth-order valence-electron chi connectivity index (χ4n) is 3.81. The molecule has 0 saturated carbocycles. The normalized spacial score (nSPS) is 13.8. The molecular formula is C23H47NaO4S. The fourth-order valence-corrected chi connectivity index (χ4v) is 4.72. The van der Waals surface area contributed by atoms with Crippen molar-refractivity contribution in [3.8, 4) is 0 Å². The average molecular weight is 443 g/mol. The largest absolute Gasteiger partial charge is 1.00 e. The van der Waals surface area contributed by atoms with Crippen LogP contribution < -0.4 is 29.6 Å². The van der Waals surface area contributed by atoms with Crippen LogP contribution in [0.25, 0.3) is 0 Å². The van der Waals surface area contributed by atoms with Crippen molar-refractivity contribution >= 4 is 10.1 Å². The van der Waals surface area contributed by atoms with Gasteiger partial charge in [-0.1, -0.05) is 110 Å². The molecule has 0 bridgehead atoms. The molecule has 0 aliphatic heterocycles. The first kappa shape index (κ1) is 32.1. The fraction of sp³-hybridized carbons (Fsp3) is 1.00. The van der Waals surface area contributed by atoms with Crippen molar-refractivity contribution in [3.05, 3.63) is 0 Å². The molecule has 2 atom stereocenters. The minimum Gasteiger partial charge on any atom is -0.748 e. The molecule has 1 N–H and O–H groups in total. The first-order valence-corrected chi connectivity index (χ1v) is 13.5. The molecule has 29 heavy (non-hydrogen) atoms. The first-order valence-electron chi connectivity index (χ1n) is 12.0. The van der Waals surface area contributed by atoms with E-state index in [-0.39, 0.29) is 35.7 Å². The molecule has 0 aromatic rings. The predicted octanol–water partition coefficient (Wildman–Crippen LogP) is 3.72. The van der Waals surface area contributed by atoms with E-state index in [0.717, 1.165) is 51.4 Å². The molecule has 0 rings (SSSR count). The Morgan fingerprint density at radius 1 is 0.655 bits per heavy atom. The van der Waals surface area contributed by atoms with Gasteiger partial charge in [0.2, 0.25) is 0 Å². The zero-order valence-corrected chi connectivity index (χ0v) is 22.5. The van der Waals surface area contributed by atoms with Crippen LogP contribution in [-0.2, 0) is 10.1 Å². The van der Waals surface area contributed by atoms with E-state index in [9.17, 15) is 18.1 Å². The van der Waals surface area contributed by atoms with Gasteiger partial charge in [-0.3, -0.25) is 0 Å². The molecule has 0 radical (unpaired) electrons. The molecule has 0 fully saturated rings. The van der Waals surface area contributed by atoms with Gasteiger partial charge < -0.3 is 9.66 Å². The van der Waals surface area contributed by atoms with E-state index in [2.05, 4.69) is 6.92 Å². The summed E-state index contributed by atoms with van der Waals surface area (Å²) in [6, 6.07) is 0. The minimum atomic E-state index is -4.15. The van der Waals surface area contributed by atoms with Gasteiger partial charge in [-0.25, -0.2) is 8.42 Å². The van der Waals surface area contributed by atoms with Crippen molar-refractivity contribution in [2.75, 3.05) is 0 Å². The van der Waals surface area contributed by atoms with Gasteiger partial charge in [-0.05, 0) is 26.2 Å². The van der Waals surface area contributed by atoms with Crippen molar-refractivity contribution in [1.29, 1.82) is 0 Å². The Morgan fingerprint density at radius 2 is 0.966 bits per heavy atom. The summed E-state index contributed by atoms with van der Waals surface area (Å²) in [5.41, 5.74) is 0. The summed E-state index contributed by atoms with van der Waals surface area (Å²) in [4.78, 5) is 0. The second kappa shape index (κ2) is 22.1. The van der Waals surface area contributed by atoms with Crippen molar-refractivity contribution in [1.82, 2.24) is 0 Å². The maximum Gasteiger partial charge on any atom is 1.00 e. The summed E-state index contributed by atoms with van der Waals surface area (Å²) in [5, 5.41) is 8.54. The summed E-state index contributed by atoms with van der Waals surface area (Å²) in [7, 11) is -4.15. The number of hydrogen-bond acceptors (Lipinski definition) is 4. The van der Waals surface area contributed by atoms with Crippen molar-refractivity contribution in [3.63, 3.8) is 0 Å². The molecule has 0 aliphatic rings. The van der Waals surface area contributed by atoms with Crippen LogP contribution in [0.15, 0.2) is 0 Å². The van der Waals surface area contributed by atoms with Crippen LogP contribution >= 0.6 is 0 Å². The summed E-state index contributed by atoms with van der Waals surface area (Å²) in [6.45, 7) is 4.03. The van der Waals surface area contributed by atoms with Gasteiger partial charge in [0.15, 0.2) is 0 Å². The van der Waals surface area contributed by atoms with Gasteiger partial charge in [0.05, 0.1) is 16.2 Å². The summed E-state index contributed by atoms with van der Waals surface area (Å²) >= 11 is 0. The van der Waals surface area contributed by atoms with Crippen LogP contribution in [0.5, 0.6) is 0 Å². The Balaban J connectivity index is 0. The molecule has 0 aromatic heterocycles. The smallest absolute Gasteiger partial charge is 0.748 e. The molecule has 0 spiro atoms. The molecular weight excluding hydrogens is 395 g/mol. The summed E-state index contributed by atoms with van der Waals surface area (Å²) in [5.74, 6) is 0. The van der Waals surface area contributed by atoms with Crippen LogP contribution in [0.1, 0.15) is 136 Å². The third kappa shape index (κ3) is 23.4. The van der Waals surface area contributed by atoms with E-state index < -0.39 is 15.4 Å². The molecule has 170 valence electrons. The Hall–Kier alpha value is 0.870. The van der Waals surface area contributed by atoms with Crippen molar-refractivity contribution in [2.45, 2.75) is 147 Å². The Bertz CT molecular complexity index is 427. The van der Waals surface area contributed by atoms with E-state index in [4.69, 9.17) is 0 Å². The number of unbranched alkanes of at least 4 members (excludes halogenated alkanes) is 14. The Kier molecular flexibility index (Phi) is 24.4. The summed E-state index contributed by atoms with van der Waals surface area (Å²) < 4.78 is 34.4. The second-order valence-electron chi connectivity index (χ2n) is 8.63. The zero-order valence-electron chi connectivity index (χ0n) is 19.7. The monoisotopic (exact) mass is 442 g/mol. The summed E-state index contributed by atoms with van der Waals surface area (Å²) in [6.07, 6.45) is 20.2. The Labute approximate surface area is 204 Å². The van der Waals surface area contributed by atoms with Crippen LogP contribution in [0.4, 0.5) is 0 Å². The van der Waals surface area contributed by atoms with Gasteiger partial charge in [-0.15, -0.1) is 0 Å². The molecule has 0 saturated heterocycles. The van der Waals surface area contributed by atoms with Crippen LogP contribution in [0.3, 0.4) is 0 Å². The molecule has 0 aromatic carbocycles. The first-order chi connectivity index (χ1) is 13.4. The van der Waals surface area contributed by atoms with E-state index in [0.29, 0.717) is 12.8 Å². The predicted molar refractivity (Wildman–Crippen MR) is 119 cm³/mol. The number of hydrogen-bond donors (Lipinski definition) is 1. The Morgan fingerprint density at radius 3 is 1.28 bits per heavy atom. The van der Waals surface area contributed by atoms with E-state index in [1.165, 1.54) is 57.8 Å². The van der Waals surface area contributed by atoms with Crippen molar-refractivity contribution < 1.29 is 47.6 Å². The molecule has 0 aliphatic carbocycles. The van der Waals surface area contributed by atoms with Gasteiger partial charge in [0, 0.05) is 5.25 Å². The third-order valence-electron chi connectivity index (χ3n) is 5.69. The second-order valence-corrected chi connectivity index (χ2v) is 10.3. The van der Waals surface area contributed by atoms with Gasteiger partial charge in [0.1, 0.15) is 0 Å². The standard InChI is InChI=1S/C23H48O4S.Na/c1-3-4-5-6-14-17-20-23(28(25,26)27)21-18-15-12-10-8-7-9-11-13-16-19-22(2)24;/h22-24H,3-21H2,1-2H3,(H,25,26,27);/q;+1/p-1. The quantitative estimate of drug-likeness (QED) is 0.167. The zero-order chi connectivity index (χ0) is 21.1. The maximum absolute atomic E-state index is 11.5. The van der Waals surface area contributed by atoms with Crippen molar-refractivity contribution in [2.24, 2.45) is 0 Å². The van der Waals surface area contributed by atoms with Crippen LogP contribution in [0.2, 0.25) is 0 Å². The molecule has 4 nitrogen and oxygen atoms in total. The van der Waals surface area contributed by atoms with Crippen LogP contribution in [-0.4, -0.2) is 29.4 Å². The SMILES string of the molecule is CCCCCCCCC(CCCCCCCCCCCCC(C)O)S(=O)(=O)[O-].[Na+]. The topological polar surface area (TPSA) is 77.4 Å². The molecule has 2 unspecified atom stereocenters. The van der Waals surface area contributed by atoms with Gasteiger partial charge in [0.25, 0.3) is 0 Å². The van der Waals surface area contributed by atoms with Gasteiger partial charge >= 0.3 is 29.6 Å². The maximum atomic E-state index is 11.5. The van der Waals surface area contributed by atoms with Gasteiger partial charge in [-0.2, -0.15) is 0 Å². The molecule has 6 heteroatoms. The van der Waals surface area contributed by atoms with E-state index >= 15 is 0 Å². The van der Waals surface area contributed by atoms with E-state index in [1.54, 1.807) is 0 Å². The third-order valence-corrected chi connectivity index (χ3v) is 6.97. The van der Waals surface area contributed by atoms with E-state index in [1.807, 2.05) is 6.92 Å². The molecule has 0 heterocycles. The average Bonchev–Trinajstić information content (AvgIpc) is 2.62. The van der Waals surface area contributed by atoms with Crippen LogP contribution in [0, 0.1) is 0 Å². The number of rotatable bonds is 21. The molecule has 0 amide bonds.